The molecule has 0 aromatic heterocycles. The van der Waals surface area contributed by atoms with Crippen molar-refractivity contribution in [3.63, 3.8) is 0 Å². The van der Waals surface area contributed by atoms with Gasteiger partial charge < -0.3 is 0 Å². The first-order valence-electron chi connectivity index (χ1n) is 10.1. The van der Waals surface area contributed by atoms with Crippen LogP contribution in [0.4, 0.5) is 0 Å². The smallest absolute Gasteiger partial charge is 0.121 e. The maximum atomic E-state index is 2.34. The van der Waals surface area contributed by atoms with E-state index >= 15 is 0 Å². The van der Waals surface area contributed by atoms with Crippen LogP contribution in [-0.4, -0.2) is 30.4 Å². The lowest BCUT2D eigenvalue weighted by Crippen LogP contribution is -2.44. The summed E-state index contributed by atoms with van der Waals surface area (Å²) in [7, 11) is 0. The Morgan fingerprint density at radius 3 is 0.962 bits per heavy atom. The van der Waals surface area contributed by atoms with Crippen molar-refractivity contribution < 1.29 is 0 Å². The van der Waals surface area contributed by atoms with Gasteiger partial charge in [-0.1, -0.05) is 126 Å². The fraction of sp³-hybridized carbons (Fsp3) is 0.250. The molecule has 3 aromatic rings. The van der Waals surface area contributed by atoms with Crippen LogP contribution in [0.1, 0.15) is 41.5 Å². The lowest BCUT2D eigenvalue weighted by molar-refractivity contribution is 1.50. The molecule has 0 radical (unpaired) electrons. The molecule has 0 aliphatic rings. The number of benzene rings is 3. The minimum absolute atomic E-state index is 0.344. The van der Waals surface area contributed by atoms with Gasteiger partial charge in [0.05, 0.1) is 0 Å². The summed E-state index contributed by atoms with van der Waals surface area (Å²) in [5.41, 5.74) is 0. The summed E-state index contributed by atoms with van der Waals surface area (Å²) >= 11 is -0.688. The zero-order chi connectivity index (χ0) is 19.6. The Balaban J connectivity index is 0.000000948. The summed E-state index contributed by atoms with van der Waals surface area (Å²) in [4.78, 5) is 0. The molecule has 0 atom stereocenters. The number of hydrogen-bond acceptors (Lipinski definition) is 0. The third-order valence-electron chi connectivity index (χ3n) is 3.59. The van der Waals surface area contributed by atoms with Crippen molar-refractivity contribution >= 4 is 48.1 Å². The van der Waals surface area contributed by atoms with E-state index in [0.717, 1.165) is 0 Å². The van der Waals surface area contributed by atoms with E-state index in [0.29, 0.717) is 0 Å². The molecule has 0 spiro atoms. The highest BCUT2D eigenvalue weighted by Gasteiger charge is 2.08. The van der Waals surface area contributed by atoms with Crippen LogP contribution in [0.5, 0.6) is 0 Å². The number of hydrogen-bond donors (Lipinski definition) is 0. The molecule has 136 valence electrons. The van der Waals surface area contributed by atoms with E-state index in [1.165, 1.54) is 8.85 Å². The molecule has 3 rings (SSSR count). The van der Waals surface area contributed by atoms with E-state index in [1.54, 1.807) is 8.85 Å². The topological polar surface area (TPSA) is 0 Å². The van der Waals surface area contributed by atoms with Crippen LogP contribution in [0.15, 0.2) is 84.9 Å². The fourth-order valence-electron chi connectivity index (χ4n) is 2.53. The maximum absolute atomic E-state index is 2.34. The van der Waals surface area contributed by atoms with Crippen LogP contribution < -0.4 is 17.7 Å². The molecule has 0 saturated heterocycles. The van der Waals surface area contributed by atoms with E-state index in [2.05, 4.69) is 84.9 Å². The summed E-state index contributed by atoms with van der Waals surface area (Å²) in [6.45, 7) is 12.0. The molecule has 2 heteroatoms. The van der Waals surface area contributed by atoms with Gasteiger partial charge in [-0.25, -0.2) is 0 Å². The molecule has 0 aliphatic heterocycles. The van der Waals surface area contributed by atoms with E-state index in [4.69, 9.17) is 0 Å². The highest BCUT2D eigenvalue weighted by molar-refractivity contribution is 6.78. The van der Waals surface area contributed by atoms with Crippen LogP contribution in [0, 0.1) is 0 Å². The summed E-state index contributed by atoms with van der Waals surface area (Å²) in [5, 5.41) is 0. The third kappa shape index (κ3) is 9.43. The minimum Gasteiger partial charge on any atom is -0.121 e. The van der Waals surface area contributed by atoms with Gasteiger partial charge in [0.15, 0.2) is 0 Å². The average Bonchev–Trinajstić information content (AvgIpc) is 2.75. The molecule has 0 bridgehead atoms. The second kappa shape index (κ2) is 17.2. The Kier molecular flexibility index (Phi) is 16.3. The first kappa shape index (κ1) is 24.7. The van der Waals surface area contributed by atoms with Gasteiger partial charge >= 0.3 is 30.4 Å². The highest BCUT2D eigenvalue weighted by Crippen LogP contribution is 1.86. The van der Waals surface area contributed by atoms with Crippen molar-refractivity contribution in [2.75, 3.05) is 0 Å². The highest BCUT2D eigenvalue weighted by atomic mass is 27.1. The lowest BCUT2D eigenvalue weighted by atomic mass is 10.3. The normalized spacial score (nSPS) is 8.38. The standard InChI is InChI=1S/2C6H5.C6H4.3C2H6.2Al.2H/c3*1-2-4-6-5-3-1;3*1-2;;;;/h2*1-5H;1-4H;3*1-2H3;;;;. The molecule has 26 heavy (non-hydrogen) atoms. The Morgan fingerprint density at radius 1 is 0.385 bits per heavy atom. The largest absolute Gasteiger partial charge is 0.321 e. The van der Waals surface area contributed by atoms with E-state index in [1.807, 2.05) is 41.5 Å². The second-order valence-electron chi connectivity index (χ2n) is 5.09. The Labute approximate surface area is 174 Å². The Morgan fingerprint density at radius 2 is 0.654 bits per heavy atom. The predicted molar refractivity (Wildman–Crippen MR) is 126 cm³/mol. The third-order valence-corrected chi connectivity index (χ3v) is 7.99. The van der Waals surface area contributed by atoms with Crippen LogP contribution in [-0.2, 0) is 0 Å². The molecular formula is C24H34Al2. The Bertz CT molecular complexity index is 604. The van der Waals surface area contributed by atoms with Crippen molar-refractivity contribution in [2.45, 2.75) is 41.5 Å². The van der Waals surface area contributed by atoms with Gasteiger partial charge in [0.1, 0.15) is 0 Å². The van der Waals surface area contributed by atoms with Crippen molar-refractivity contribution in [3.05, 3.63) is 84.9 Å². The molecule has 0 nitrogen and oxygen atoms in total. The zero-order valence-corrected chi connectivity index (χ0v) is 20.3. The van der Waals surface area contributed by atoms with E-state index in [-0.39, 0.29) is 30.4 Å². The van der Waals surface area contributed by atoms with Crippen molar-refractivity contribution in [1.29, 1.82) is 0 Å². The van der Waals surface area contributed by atoms with Gasteiger partial charge in [0.25, 0.3) is 0 Å². The van der Waals surface area contributed by atoms with Gasteiger partial charge in [-0.2, -0.15) is 0 Å². The van der Waals surface area contributed by atoms with Crippen LogP contribution in [0.2, 0.25) is 0 Å². The average molecular weight is 377 g/mol. The molecule has 3 aromatic carbocycles. The SMILES string of the molecule is CC.CC.CC.c1cc[c]([AlH][c]2cccc[c]2[AlH][c]2ccccc2)cc1. The first-order chi connectivity index (χ1) is 12.9. The fourth-order valence-corrected chi connectivity index (χ4v) is 6.38. The van der Waals surface area contributed by atoms with Crippen LogP contribution >= 0.6 is 0 Å². The van der Waals surface area contributed by atoms with Crippen LogP contribution in [0.3, 0.4) is 0 Å². The zero-order valence-electron chi connectivity index (χ0n) is 17.5. The summed E-state index contributed by atoms with van der Waals surface area (Å²) in [5.74, 6) is 0. The second-order valence-corrected chi connectivity index (χ2v) is 8.96. The minimum atomic E-state index is -0.344. The summed E-state index contributed by atoms with van der Waals surface area (Å²) < 4.78 is 6.30. The monoisotopic (exact) mass is 376 g/mol. The van der Waals surface area contributed by atoms with E-state index in [9.17, 15) is 0 Å². The summed E-state index contributed by atoms with van der Waals surface area (Å²) in [6, 6.07) is 30.9. The van der Waals surface area contributed by atoms with Crippen molar-refractivity contribution in [3.8, 4) is 0 Å². The maximum Gasteiger partial charge on any atom is 0.321 e. The van der Waals surface area contributed by atoms with Crippen molar-refractivity contribution in [2.24, 2.45) is 0 Å². The van der Waals surface area contributed by atoms with Gasteiger partial charge in [0, 0.05) is 0 Å². The molecule has 0 amide bonds. The first-order valence-corrected chi connectivity index (χ1v) is 12.9. The van der Waals surface area contributed by atoms with Crippen LogP contribution in [0.25, 0.3) is 0 Å². The van der Waals surface area contributed by atoms with Crippen molar-refractivity contribution in [1.82, 2.24) is 0 Å². The van der Waals surface area contributed by atoms with E-state index < -0.39 is 0 Å². The van der Waals surface area contributed by atoms with Gasteiger partial charge in [0.2, 0.25) is 0 Å². The van der Waals surface area contributed by atoms with Gasteiger partial charge in [-0.3, -0.25) is 0 Å². The molecule has 0 heterocycles. The Hall–Kier alpha value is -1.28. The summed E-state index contributed by atoms with van der Waals surface area (Å²) in [6.07, 6.45) is 0. The molecule has 0 unspecified atom stereocenters. The molecule has 0 aliphatic carbocycles. The lowest BCUT2D eigenvalue weighted by Gasteiger charge is -2.08. The molecule has 0 saturated carbocycles. The molecule has 0 N–H and O–H groups in total. The predicted octanol–water partition coefficient (Wildman–Crippen LogP) is 3.54. The number of rotatable bonds is 4. The van der Waals surface area contributed by atoms with Gasteiger partial charge in [-0.05, 0) is 0 Å². The molecule has 0 fully saturated rings. The molecular weight excluding hydrogens is 342 g/mol. The van der Waals surface area contributed by atoms with Gasteiger partial charge in [-0.15, -0.1) is 17.7 Å². The quantitative estimate of drug-likeness (QED) is 0.611.